The van der Waals surface area contributed by atoms with Crippen molar-refractivity contribution < 1.29 is 9.53 Å². The average molecular weight is 264 g/mol. The summed E-state index contributed by atoms with van der Waals surface area (Å²) in [4.78, 5) is 11.4. The third-order valence-electron chi connectivity index (χ3n) is 3.46. The molecular formula is C15H24N2O2. The predicted octanol–water partition coefficient (Wildman–Crippen LogP) is 1.87. The van der Waals surface area contributed by atoms with Crippen LogP contribution >= 0.6 is 0 Å². The maximum Gasteiger partial charge on any atom is 0.237 e. The molecule has 2 unspecified atom stereocenters. The van der Waals surface area contributed by atoms with Crippen LogP contribution in [-0.2, 0) is 11.2 Å². The van der Waals surface area contributed by atoms with Gasteiger partial charge in [0.1, 0.15) is 5.75 Å². The first-order chi connectivity index (χ1) is 8.91. The van der Waals surface area contributed by atoms with E-state index in [1.807, 2.05) is 31.2 Å². The Hall–Kier alpha value is -1.55. The summed E-state index contributed by atoms with van der Waals surface area (Å²) >= 11 is 0. The van der Waals surface area contributed by atoms with Crippen LogP contribution in [0.2, 0.25) is 0 Å². The van der Waals surface area contributed by atoms with Crippen LogP contribution in [-0.4, -0.2) is 24.6 Å². The second-order valence-corrected chi connectivity index (χ2v) is 5.08. The van der Waals surface area contributed by atoms with Gasteiger partial charge in [0.05, 0.1) is 11.6 Å². The van der Waals surface area contributed by atoms with Crippen molar-refractivity contribution in [1.29, 1.82) is 0 Å². The minimum Gasteiger partial charge on any atom is -0.491 e. The van der Waals surface area contributed by atoms with Gasteiger partial charge in [0.25, 0.3) is 0 Å². The van der Waals surface area contributed by atoms with E-state index in [9.17, 15) is 4.79 Å². The standard InChI is InChI=1S/C15H24N2O2/c1-5-12-6-8-13(9-7-12)19-11(2)10-15(3,17-4)14(16)18/h6-9,11,17H,5,10H2,1-4H3,(H2,16,18). The molecule has 4 nitrogen and oxygen atoms in total. The fraction of sp³-hybridized carbons (Fsp3) is 0.533. The number of amides is 1. The summed E-state index contributed by atoms with van der Waals surface area (Å²) in [5, 5.41) is 2.96. The van der Waals surface area contributed by atoms with Crippen molar-refractivity contribution in [3.8, 4) is 5.75 Å². The first-order valence-corrected chi connectivity index (χ1v) is 6.65. The van der Waals surface area contributed by atoms with E-state index in [4.69, 9.17) is 10.5 Å². The topological polar surface area (TPSA) is 64.3 Å². The molecule has 0 heterocycles. The van der Waals surface area contributed by atoms with Crippen molar-refractivity contribution in [3.05, 3.63) is 29.8 Å². The highest BCUT2D eigenvalue weighted by Gasteiger charge is 2.31. The monoisotopic (exact) mass is 264 g/mol. The number of nitrogens with one attached hydrogen (secondary N) is 1. The van der Waals surface area contributed by atoms with Gasteiger partial charge in [0, 0.05) is 6.42 Å². The molecule has 0 saturated carbocycles. The zero-order chi connectivity index (χ0) is 14.5. The number of rotatable bonds is 7. The lowest BCUT2D eigenvalue weighted by Crippen LogP contribution is -2.53. The van der Waals surface area contributed by atoms with E-state index in [1.54, 1.807) is 14.0 Å². The lowest BCUT2D eigenvalue weighted by Gasteiger charge is -2.28. The molecule has 1 rings (SSSR count). The number of benzene rings is 1. The first kappa shape index (κ1) is 15.5. The number of aryl methyl sites for hydroxylation is 1. The number of hydrogen-bond acceptors (Lipinski definition) is 3. The Balaban J connectivity index is 2.63. The van der Waals surface area contributed by atoms with E-state index in [2.05, 4.69) is 12.2 Å². The van der Waals surface area contributed by atoms with Gasteiger partial charge in [-0.2, -0.15) is 0 Å². The molecule has 106 valence electrons. The zero-order valence-corrected chi connectivity index (χ0v) is 12.2. The van der Waals surface area contributed by atoms with Gasteiger partial charge in [0.2, 0.25) is 5.91 Å². The lowest BCUT2D eigenvalue weighted by molar-refractivity contribution is -0.124. The Morgan fingerprint density at radius 1 is 1.42 bits per heavy atom. The number of primary amides is 1. The smallest absolute Gasteiger partial charge is 0.237 e. The van der Waals surface area contributed by atoms with Crippen molar-refractivity contribution in [2.75, 3.05) is 7.05 Å². The fourth-order valence-electron chi connectivity index (χ4n) is 1.98. The maximum absolute atomic E-state index is 11.4. The van der Waals surface area contributed by atoms with Gasteiger partial charge in [-0.3, -0.25) is 4.79 Å². The third kappa shape index (κ3) is 4.24. The molecule has 0 bridgehead atoms. The fourth-order valence-corrected chi connectivity index (χ4v) is 1.98. The van der Waals surface area contributed by atoms with Gasteiger partial charge < -0.3 is 15.8 Å². The molecule has 2 atom stereocenters. The summed E-state index contributed by atoms with van der Waals surface area (Å²) in [6.07, 6.45) is 1.43. The van der Waals surface area contributed by atoms with E-state index in [1.165, 1.54) is 5.56 Å². The molecule has 3 N–H and O–H groups in total. The van der Waals surface area contributed by atoms with Crippen molar-refractivity contribution >= 4 is 5.91 Å². The molecule has 1 amide bonds. The number of ether oxygens (including phenoxy) is 1. The molecule has 1 aromatic rings. The Bertz CT molecular complexity index is 417. The zero-order valence-electron chi connectivity index (χ0n) is 12.2. The van der Waals surface area contributed by atoms with Crippen LogP contribution in [0.3, 0.4) is 0 Å². The second kappa shape index (κ2) is 6.57. The van der Waals surface area contributed by atoms with E-state index >= 15 is 0 Å². The van der Waals surface area contributed by atoms with Crippen LogP contribution in [0.5, 0.6) is 5.75 Å². The summed E-state index contributed by atoms with van der Waals surface area (Å²) in [5.74, 6) is 0.444. The molecule has 0 spiro atoms. The van der Waals surface area contributed by atoms with Gasteiger partial charge in [-0.1, -0.05) is 19.1 Å². The summed E-state index contributed by atoms with van der Waals surface area (Å²) in [7, 11) is 1.73. The minimum atomic E-state index is -0.747. The van der Waals surface area contributed by atoms with Crippen molar-refractivity contribution in [1.82, 2.24) is 5.32 Å². The average Bonchev–Trinajstić information content (AvgIpc) is 2.39. The van der Waals surface area contributed by atoms with Crippen LogP contribution in [0.15, 0.2) is 24.3 Å². The molecule has 4 heteroatoms. The minimum absolute atomic E-state index is 0.0996. The SMILES string of the molecule is CCc1ccc(OC(C)CC(C)(NC)C(N)=O)cc1. The molecule has 0 radical (unpaired) electrons. The van der Waals surface area contributed by atoms with Gasteiger partial charge in [-0.25, -0.2) is 0 Å². The number of hydrogen-bond donors (Lipinski definition) is 2. The molecule has 0 aliphatic rings. The third-order valence-corrected chi connectivity index (χ3v) is 3.46. The van der Waals surface area contributed by atoms with Crippen LogP contribution in [0.4, 0.5) is 0 Å². The van der Waals surface area contributed by atoms with Gasteiger partial charge >= 0.3 is 0 Å². The first-order valence-electron chi connectivity index (χ1n) is 6.65. The van der Waals surface area contributed by atoms with Crippen LogP contribution in [0.1, 0.15) is 32.8 Å². The van der Waals surface area contributed by atoms with E-state index in [0.717, 1.165) is 12.2 Å². The molecule has 0 aliphatic heterocycles. The quantitative estimate of drug-likeness (QED) is 0.790. The van der Waals surface area contributed by atoms with Gasteiger partial charge in [-0.05, 0) is 45.0 Å². The van der Waals surface area contributed by atoms with Crippen molar-refractivity contribution in [2.45, 2.75) is 45.3 Å². The lowest BCUT2D eigenvalue weighted by atomic mass is 9.94. The summed E-state index contributed by atoms with van der Waals surface area (Å²) in [6.45, 7) is 5.84. The summed E-state index contributed by atoms with van der Waals surface area (Å²) in [6, 6.07) is 8.01. The second-order valence-electron chi connectivity index (χ2n) is 5.08. The van der Waals surface area contributed by atoms with E-state index < -0.39 is 5.54 Å². The maximum atomic E-state index is 11.4. The van der Waals surface area contributed by atoms with E-state index in [-0.39, 0.29) is 12.0 Å². The van der Waals surface area contributed by atoms with Gasteiger partial charge in [-0.15, -0.1) is 0 Å². The Morgan fingerprint density at radius 2 is 2.00 bits per heavy atom. The summed E-state index contributed by atoms with van der Waals surface area (Å²) in [5.41, 5.74) is 5.93. The van der Waals surface area contributed by atoms with Gasteiger partial charge in [0.15, 0.2) is 0 Å². The molecule has 0 fully saturated rings. The predicted molar refractivity (Wildman–Crippen MR) is 77.2 cm³/mol. The van der Waals surface area contributed by atoms with Crippen LogP contribution in [0, 0.1) is 0 Å². The number of nitrogens with two attached hydrogens (primary N) is 1. The molecule has 19 heavy (non-hydrogen) atoms. The van der Waals surface area contributed by atoms with Crippen LogP contribution < -0.4 is 15.8 Å². The summed E-state index contributed by atoms with van der Waals surface area (Å²) < 4.78 is 5.81. The highest BCUT2D eigenvalue weighted by atomic mass is 16.5. The normalized spacial score (nSPS) is 15.6. The van der Waals surface area contributed by atoms with Crippen molar-refractivity contribution in [3.63, 3.8) is 0 Å². The Kier molecular flexibility index (Phi) is 5.36. The Morgan fingerprint density at radius 3 is 2.42 bits per heavy atom. The number of likely N-dealkylation sites (N-methyl/N-ethyl adjacent to an activating group) is 1. The number of carbonyl (C=O) groups excluding carboxylic acids is 1. The molecular weight excluding hydrogens is 240 g/mol. The molecule has 0 saturated heterocycles. The highest BCUT2D eigenvalue weighted by Crippen LogP contribution is 2.19. The van der Waals surface area contributed by atoms with Crippen molar-refractivity contribution in [2.24, 2.45) is 5.73 Å². The highest BCUT2D eigenvalue weighted by molar-refractivity contribution is 5.84. The molecule has 0 aromatic heterocycles. The Labute approximate surface area is 115 Å². The largest absolute Gasteiger partial charge is 0.491 e. The molecule has 0 aliphatic carbocycles. The number of carbonyl (C=O) groups is 1. The molecule has 1 aromatic carbocycles. The van der Waals surface area contributed by atoms with Crippen LogP contribution in [0.25, 0.3) is 0 Å². The van der Waals surface area contributed by atoms with E-state index in [0.29, 0.717) is 6.42 Å².